The number of fused-ring (bicyclic) bond motifs is 1. The van der Waals surface area contributed by atoms with Crippen LogP contribution in [0, 0.1) is 29.9 Å². The van der Waals surface area contributed by atoms with Crippen molar-refractivity contribution in [2.24, 2.45) is 0 Å². The van der Waals surface area contributed by atoms with Gasteiger partial charge in [-0.1, -0.05) is 0 Å². The molecule has 1 aromatic heterocycles. The van der Waals surface area contributed by atoms with Crippen LogP contribution in [-0.2, 0) is 6.54 Å². The van der Waals surface area contributed by atoms with Gasteiger partial charge in [0.05, 0.1) is 17.0 Å². The lowest BCUT2D eigenvalue weighted by atomic mass is 10.1. The molecule has 0 aliphatic carbocycles. The lowest BCUT2D eigenvalue weighted by Crippen LogP contribution is -2.13. The first-order valence-corrected chi connectivity index (χ1v) is 4.90. The molecule has 0 amide bonds. The van der Waals surface area contributed by atoms with Gasteiger partial charge >= 0.3 is 0 Å². The third-order valence-electron chi connectivity index (χ3n) is 2.56. The highest BCUT2D eigenvalue weighted by Gasteiger charge is 2.12. The number of benzene rings is 1. The van der Waals surface area contributed by atoms with Crippen molar-refractivity contribution >= 4 is 10.9 Å². The predicted octanol–water partition coefficient (Wildman–Crippen LogP) is 2.11. The Morgan fingerprint density at radius 1 is 1.35 bits per heavy atom. The fourth-order valence-corrected chi connectivity index (χ4v) is 1.82. The highest BCUT2D eigenvalue weighted by Crippen LogP contribution is 2.18. The van der Waals surface area contributed by atoms with Crippen LogP contribution < -0.4 is 5.43 Å². The molecule has 0 fully saturated rings. The molecule has 2 rings (SSSR count). The first kappa shape index (κ1) is 11.3. The molecule has 17 heavy (non-hydrogen) atoms. The number of halogens is 2. The number of nitriles is 1. The maximum Gasteiger partial charge on any atom is 0.189 e. The summed E-state index contributed by atoms with van der Waals surface area (Å²) < 4.78 is 28.1. The fourth-order valence-electron chi connectivity index (χ4n) is 1.82. The van der Waals surface area contributed by atoms with Gasteiger partial charge in [0.15, 0.2) is 11.2 Å². The smallest absolute Gasteiger partial charge is 0.189 e. The van der Waals surface area contributed by atoms with Crippen molar-refractivity contribution in [2.45, 2.75) is 13.5 Å². The van der Waals surface area contributed by atoms with E-state index < -0.39 is 17.1 Å². The average molecular weight is 234 g/mol. The highest BCUT2D eigenvalue weighted by molar-refractivity contribution is 5.80. The zero-order chi connectivity index (χ0) is 12.6. The number of nitrogens with zero attached hydrogens (tertiary/aromatic N) is 2. The van der Waals surface area contributed by atoms with E-state index in [4.69, 9.17) is 5.26 Å². The van der Waals surface area contributed by atoms with E-state index in [9.17, 15) is 13.6 Å². The minimum Gasteiger partial charge on any atom is -0.328 e. The molecule has 2 aromatic rings. The number of hydrogen-bond donors (Lipinski definition) is 0. The van der Waals surface area contributed by atoms with Gasteiger partial charge < -0.3 is 4.57 Å². The predicted molar refractivity (Wildman–Crippen MR) is 58.5 cm³/mol. The molecule has 0 unspecified atom stereocenters. The Kier molecular flexibility index (Phi) is 2.64. The van der Waals surface area contributed by atoms with Crippen LogP contribution >= 0.6 is 0 Å². The maximum absolute atomic E-state index is 13.7. The molecule has 0 radical (unpaired) electrons. The van der Waals surface area contributed by atoms with Gasteiger partial charge in [0.25, 0.3) is 0 Å². The monoisotopic (exact) mass is 234 g/mol. The molecular weight excluding hydrogens is 226 g/mol. The maximum atomic E-state index is 13.7. The molecule has 3 nitrogen and oxygen atoms in total. The van der Waals surface area contributed by atoms with Crippen molar-refractivity contribution in [2.75, 3.05) is 0 Å². The average Bonchev–Trinajstić information content (AvgIpc) is 2.24. The normalized spacial score (nSPS) is 10.5. The summed E-state index contributed by atoms with van der Waals surface area (Å²) in [6, 6.07) is 4.82. The van der Waals surface area contributed by atoms with E-state index >= 15 is 0 Å². The molecular formula is C12H8F2N2O. The van der Waals surface area contributed by atoms with Crippen molar-refractivity contribution in [3.8, 4) is 6.07 Å². The summed E-state index contributed by atoms with van der Waals surface area (Å²) >= 11 is 0. The Morgan fingerprint density at radius 2 is 2.06 bits per heavy atom. The summed E-state index contributed by atoms with van der Waals surface area (Å²) in [6.07, 6.45) is 0. The first-order chi connectivity index (χ1) is 8.04. The SMILES string of the molecule is Cc1cc(=O)c2cc(F)cc(F)c2n1CC#N. The number of hydrogen-bond acceptors (Lipinski definition) is 2. The van der Waals surface area contributed by atoms with Crippen LogP contribution in [0.4, 0.5) is 8.78 Å². The minimum atomic E-state index is -0.837. The van der Waals surface area contributed by atoms with Gasteiger partial charge in [-0.25, -0.2) is 8.78 Å². The van der Waals surface area contributed by atoms with Crippen LogP contribution in [0.1, 0.15) is 5.69 Å². The van der Waals surface area contributed by atoms with Crippen LogP contribution in [0.25, 0.3) is 10.9 Å². The molecule has 0 aliphatic rings. The second kappa shape index (κ2) is 3.98. The van der Waals surface area contributed by atoms with E-state index in [1.807, 2.05) is 6.07 Å². The van der Waals surface area contributed by atoms with E-state index in [0.717, 1.165) is 6.07 Å². The number of rotatable bonds is 1. The third-order valence-corrected chi connectivity index (χ3v) is 2.56. The highest BCUT2D eigenvalue weighted by atomic mass is 19.1. The fraction of sp³-hybridized carbons (Fsp3) is 0.167. The third kappa shape index (κ3) is 1.78. The van der Waals surface area contributed by atoms with E-state index in [2.05, 4.69) is 0 Å². The lowest BCUT2D eigenvalue weighted by molar-refractivity contribution is 0.585. The summed E-state index contributed by atoms with van der Waals surface area (Å²) in [4.78, 5) is 11.6. The molecule has 86 valence electrons. The van der Waals surface area contributed by atoms with Crippen LogP contribution in [0.15, 0.2) is 23.0 Å². The van der Waals surface area contributed by atoms with Gasteiger partial charge in [-0.3, -0.25) is 4.79 Å². The summed E-state index contributed by atoms with van der Waals surface area (Å²) in [7, 11) is 0. The van der Waals surface area contributed by atoms with Crippen molar-refractivity contribution in [1.29, 1.82) is 5.26 Å². The molecule has 0 aliphatic heterocycles. The summed E-state index contributed by atoms with van der Waals surface area (Å²) in [5.41, 5.74) is -0.0161. The summed E-state index contributed by atoms with van der Waals surface area (Å²) in [6.45, 7) is 1.51. The van der Waals surface area contributed by atoms with Gasteiger partial charge in [0.1, 0.15) is 12.4 Å². The largest absolute Gasteiger partial charge is 0.328 e. The van der Waals surface area contributed by atoms with Crippen molar-refractivity contribution in [3.63, 3.8) is 0 Å². The molecule has 0 saturated heterocycles. The quantitative estimate of drug-likeness (QED) is 0.758. The Balaban J connectivity index is 3.01. The Hall–Kier alpha value is -2.22. The van der Waals surface area contributed by atoms with Crippen LogP contribution in [-0.4, -0.2) is 4.57 Å². The topological polar surface area (TPSA) is 45.8 Å². The first-order valence-electron chi connectivity index (χ1n) is 4.90. The number of pyridine rings is 1. The van der Waals surface area contributed by atoms with E-state index in [1.165, 1.54) is 10.6 Å². The molecule has 0 bridgehead atoms. The van der Waals surface area contributed by atoms with E-state index in [-0.39, 0.29) is 17.4 Å². The zero-order valence-electron chi connectivity index (χ0n) is 9.00. The molecule has 0 spiro atoms. The van der Waals surface area contributed by atoms with Crippen molar-refractivity contribution in [3.05, 3.63) is 45.8 Å². The van der Waals surface area contributed by atoms with Gasteiger partial charge in [0, 0.05) is 17.8 Å². The van der Waals surface area contributed by atoms with Crippen LogP contribution in [0.5, 0.6) is 0 Å². The van der Waals surface area contributed by atoms with E-state index in [0.29, 0.717) is 11.8 Å². The van der Waals surface area contributed by atoms with E-state index in [1.54, 1.807) is 6.92 Å². The van der Waals surface area contributed by atoms with Gasteiger partial charge in [-0.2, -0.15) is 5.26 Å². The number of aryl methyl sites for hydroxylation is 1. The Labute approximate surface area is 95.5 Å². The molecule has 0 saturated carbocycles. The summed E-state index contributed by atoms with van der Waals surface area (Å²) in [5, 5.41) is 8.62. The molecule has 1 heterocycles. The van der Waals surface area contributed by atoms with Gasteiger partial charge in [-0.05, 0) is 13.0 Å². The van der Waals surface area contributed by atoms with Crippen LogP contribution in [0.2, 0.25) is 0 Å². The molecule has 5 heteroatoms. The standard InChI is InChI=1S/C12H8F2N2O/c1-7-4-11(17)9-5-8(13)6-10(14)12(9)16(7)3-2-15/h4-6H,3H2,1H3. The van der Waals surface area contributed by atoms with Crippen molar-refractivity contribution in [1.82, 2.24) is 4.57 Å². The molecule has 1 aromatic carbocycles. The Morgan fingerprint density at radius 3 is 2.71 bits per heavy atom. The second-order valence-electron chi connectivity index (χ2n) is 3.68. The van der Waals surface area contributed by atoms with Crippen molar-refractivity contribution < 1.29 is 8.78 Å². The molecule has 0 N–H and O–H groups in total. The van der Waals surface area contributed by atoms with Gasteiger partial charge in [-0.15, -0.1) is 0 Å². The van der Waals surface area contributed by atoms with Crippen LogP contribution in [0.3, 0.4) is 0 Å². The van der Waals surface area contributed by atoms with Gasteiger partial charge in [0.2, 0.25) is 0 Å². The zero-order valence-corrected chi connectivity index (χ0v) is 9.00. The summed E-state index contributed by atoms with van der Waals surface area (Å²) in [5.74, 6) is -1.64. The molecule has 0 atom stereocenters. The lowest BCUT2D eigenvalue weighted by Gasteiger charge is -2.11. The second-order valence-corrected chi connectivity index (χ2v) is 3.68. The minimum absolute atomic E-state index is 0.0297. The Bertz CT molecular complexity index is 698. The number of aromatic nitrogens is 1.